The molecule has 3 aromatic rings. The van der Waals surface area contributed by atoms with Gasteiger partial charge in [0, 0.05) is 20.0 Å². The molecule has 0 N–H and O–H groups in total. The summed E-state index contributed by atoms with van der Waals surface area (Å²) in [6.07, 6.45) is 2.54. The maximum atomic E-state index is 12.3. The van der Waals surface area contributed by atoms with Crippen molar-refractivity contribution in [1.82, 2.24) is 0 Å². The Labute approximate surface area is 196 Å². The Hall–Kier alpha value is -2.45. The highest BCUT2D eigenvalue weighted by molar-refractivity contribution is 14.1. The van der Waals surface area contributed by atoms with Gasteiger partial charge < -0.3 is 9.47 Å². The van der Waals surface area contributed by atoms with Crippen molar-refractivity contribution in [2.45, 2.75) is 6.42 Å². The highest BCUT2D eigenvalue weighted by Gasteiger charge is 2.24. The second-order valence-corrected chi connectivity index (χ2v) is 8.64. The number of esters is 1. The first-order chi connectivity index (χ1) is 14.6. The standard InChI is InChI=1S/C24H17BrINO3/c25-20-15-18(9-10-21(20)26)23-27-22(24(28)30-23)14-17-7-4-8-19(13-17)29-12-11-16-5-2-1-3-6-16/h1-10,13-15H,11-12H2/b22-14-. The van der Waals surface area contributed by atoms with Gasteiger partial charge in [-0.25, -0.2) is 9.79 Å². The van der Waals surface area contributed by atoms with Gasteiger partial charge in [0.1, 0.15) is 5.75 Å². The van der Waals surface area contributed by atoms with Crippen molar-refractivity contribution in [2.75, 3.05) is 6.61 Å². The van der Waals surface area contributed by atoms with Crippen LogP contribution in [0.2, 0.25) is 0 Å². The van der Waals surface area contributed by atoms with E-state index in [4.69, 9.17) is 9.47 Å². The minimum atomic E-state index is -0.463. The molecule has 0 unspecified atom stereocenters. The Balaban J connectivity index is 1.47. The average Bonchev–Trinajstić information content (AvgIpc) is 3.11. The molecular weight excluding hydrogens is 557 g/mol. The third-order valence-electron chi connectivity index (χ3n) is 4.45. The van der Waals surface area contributed by atoms with Crippen LogP contribution in [0.15, 0.2) is 88.0 Å². The summed E-state index contributed by atoms with van der Waals surface area (Å²) < 4.78 is 13.2. The molecule has 6 heteroatoms. The largest absolute Gasteiger partial charge is 0.493 e. The van der Waals surface area contributed by atoms with Crippen molar-refractivity contribution >= 4 is 56.5 Å². The Morgan fingerprint density at radius 3 is 2.67 bits per heavy atom. The number of carbonyl (C=O) groups excluding carboxylic acids is 1. The highest BCUT2D eigenvalue weighted by atomic mass is 127. The van der Waals surface area contributed by atoms with Gasteiger partial charge >= 0.3 is 5.97 Å². The van der Waals surface area contributed by atoms with E-state index in [1.165, 1.54) is 5.56 Å². The number of hydrogen-bond donors (Lipinski definition) is 0. The van der Waals surface area contributed by atoms with E-state index in [1.54, 1.807) is 6.08 Å². The number of carbonyl (C=O) groups is 1. The summed E-state index contributed by atoms with van der Waals surface area (Å²) in [6, 6.07) is 23.5. The summed E-state index contributed by atoms with van der Waals surface area (Å²) in [5, 5.41) is 0. The lowest BCUT2D eigenvalue weighted by Crippen LogP contribution is -2.05. The minimum Gasteiger partial charge on any atom is -0.493 e. The molecule has 0 atom stereocenters. The second-order valence-electron chi connectivity index (χ2n) is 6.62. The zero-order valence-corrected chi connectivity index (χ0v) is 19.6. The summed E-state index contributed by atoms with van der Waals surface area (Å²) in [7, 11) is 0. The second kappa shape index (κ2) is 9.57. The predicted molar refractivity (Wildman–Crippen MR) is 130 cm³/mol. The van der Waals surface area contributed by atoms with Gasteiger partial charge in [0.15, 0.2) is 5.70 Å². The molecule has 1 aliphatic rings. The molecule has 0 radical (unpaired) electrons. The molecule has 0 amide bonds. The number of cyclic esters (lactones) is 1. The van der Waals surface area contributed by atoms with E-state index >= 15 is 0 Å². The third kappa shape index (κ3) is 5.17. The Morgan fingerprint density at radius 1 is 1.03 bits per heavy atom. The third-order valence-corrected chi connectivity index (χ3v) is 6.79. The first-order valence-corrected chi connectivity index (χ1v) is 11.2. The van der Waals surface area contributed by atoms with E-state index in [0.717, 1.165) is 31.3 Å². The van der Waals surface area contributed by atoms with Crippen molar-refractivity contribution < 1.29 is 14.3 Å². The van der Waals surface area contributed by atoms with Crippen molar-refractivity contribution in [2.24, 2.45) is 4.99 Å². The molecule has 0 fully saturated rings. The highest BCUT2D eigenvalue weighted by Crippen LogP contribution is 2.25. The van der Waals surface area contributed by atoms with Crippen molar-refractivity contribution in [3.63, 3.8) is 0 Å². The van der Waals surface area contributed by atoms with E-state index in [-0.39, 0.29) is 5.70 Å². The molecule has 1 aliphatic heterocycles. The maximum absolute atomic E-state index is 12.3. The zero-order valence-electron chi connectivity index (χ0n) is 15.8. The van der Waals surface area contributed by atoms with Gasteiger partial charge in [-0.2, -0.15) is 0 Å². The maximum Gasteiger partial charge on any atom is 0.363 e. The number of aliphatic imine (C=N–C) groups is 1. The van der Waals surface area contributed by atoms with Gasteiger partial charge in [-0.15, -0.1) is 0 Å². The summed E-state index contributed by atoms with van der Waals surface area (Å²) in [6.45, 7) is 0.579. The molecule has 3 aromatic carbocycles. The lowest BCUT2D eigenvalue weighted by atomic mass is 10.1. The predicted octanol–water partition coefficient (Wildman–Crippen LogP) is 6.02. The van der Waals surface area contributed by atoms with E-state index in [2.05, 4.69) is 55.6 Å². The van der Waals surface area contributed by atoms with Crippen LogP contribution in [0, 0.1) is 3.57 Å². The van der Waals surface area contributed by atoms with E-state index in [9.17, 15) is 4.79 Å². The van der Waals surface area contributed by atoms with Gasteiger partial charge in [-0.1, -0.05) is 42.5 Å². The fraction of sp³-hybridized carbons (Fsp3) is 0.0833. The molecule has 4 rings (SSSR count). The first kappa shape index (κ1) is 20.8. The summed E-state index contributed by atoms with van der Waals surface area (Å²) in [5.41, 5.74) is 3.07. The average molecular weight is 574 g/mol. The van der Waals surface area contributed by atoms with E-state index in [1.807, 2.05) is 60.7 Å². The molecule has 0 aromatic heterocycles. The number of benzene rings is 3. The number of nitrogens with zero attached hydrogens (tertiary/aromatic N) is 1. The minimum absolute atomic E-state index is 0.265. The van der Waals surface area contributed by atoms with Crippen LogP contribution in [0.3, 0.4) is 0 Å². The van der Waals surface area contributed by atoms with Crippen LogP contribution in [-0.4, -0.2) is 18.5 Å². The molecule has 150 valence electrons. The number of hydrogen-bond acceptors (Lipinski definition) is 4. The fourth-order valence-electron chi connectivity index (χ4n) is 2.95. The van der Waals surface area contributed by atoms with Crippen molar-refractivity contribution in [3.8, 4) is 5.75 Å². The molecule has 0 saturated carbocycles. The van der Waals surface area contributed by atoms with Gasteiger partial charge in [-0.05, 0) is 86.1 Å². The van der Waals surface area contributed by atoms with Crippen LogP contribution in [0.4, 0.5) is 0 Å². The van der Waals surface area contributed by atoms with Crippen LogP contribution in [0.1, 0.15) is 16.7 Å². The van der Waals surface area contributed by atoms with Gasteiger partial charge in [0.05, 0.1) is 6.61 Å². The monoisotopic (exact) mass is 573 g/mol. The summed E-state index contributed by atoms with van der Waals surface area (Å²) in [5.74, 6) is 0.589. The number of rotatable bonds is 6. The fourth-order valence-corrected chi connectivity index (χ4v) is 3.66. The molecule has 0 spiro atoms. The SMILES string of the molecule is O=C1OC(c2ccc(I)c(Br)c2)=N/C1=C\c1cccc(OCCc2ccccc2)c1. The number of ether oxygens (including phenoxy) is 2. The first-order valence-electron chi connectivity index (χ1n) is 9.33. The zero-order chi connectivity index (χ0) is 20.9. The van der Waals surface area contributed by atoms with Gasteiger partial charge in [0.2, 0.25) is 5.90 Å². The topological polar surface area (TPSA) is 47.9 Å². The molecule has 1 heterocycles. The van der Waals surface area contributed by atoms with Crippen LogP contribution >= 0.6 is 38.5 Å². The lowest BCUT2D eigenvalue weighted by molar-refractivity contribution is -0.129. The molecule has 4 nitrogen and oxygen atoms in total. The molecule has 0 bridgehead atoms. The van der Waals surface area contributed by atoms with Crippen LogP contribution in [0.25, 0.3) is 6.08 Å². The van der Waals surface area contributed by atoms with Crippen molar-refractivity contribution in [3.05, 3.63) is 103 Å². The van der Waals surface area contributed by atoms with Crippen molar-refractivity contribution in [1.29, 1.82) is 0 Å². The molecule has 30 heavy (non-hydrogen) atoms. The lowest BCUT2D eigenvalue weighted by Gasteiger charge is -2.07. The van der Waals surface area contributed by atoms with E-state index < -0.39 is 5.97 Å². The molecular formula is C24H17BrINO3. The smallest absolute Gasteiger partial charge is 0.363 e. The number of halogens is 2. The van der Waals surface area contributed by atoms with Crippen LogP contribution in [-0.2, 0) is 16.0 Å². The molecule has 0 saturated heterocycles. The van der Waals surface area contributed by atoms with E-state index in [0.29, 0.717) is 12.5 Å². The Bertz CT molecular complexity index is 1140. The normalized spacial score (nSPS) is 14.5. The molecule has 0 aliphatic carbocycles. The summed E-state index contributed by atoms with van der Waals surface area (Å²) >= 11 is 5.71. The Kier molecular flexibility index (Phi) is 6.64. The Morgan fingerprint density at radius 2 is 1.87 bits per heavy atom. The van der Waals surface area contributed by atoms with Crippen LogP contribution in [0.5, 0.6) is 5.75 Å². The van der Waals surface area contributed by atoms with Gasteiger partial charge in [-0.3, -0.25) is 0 Å². The summed E-state index contributed by atoms with van der Waals surface area (Å²) in [4.78, 5) is 16.7. The van der Waals surface area contributed by atoms with Gasteiger partial charge in [0.25, 0.3) is 0 Å². The quantitative estimate of drug-likeness (QED) is 0.206. The van der Waals surface area contributed by atoms with Crippen LogP contribution < -0.4 is 4.74 Å².